The van der Waals surface area contributed by atoms with E-state index in [0.717, 1.165) is 0 Å². The van der Waals surface area contributed by atoms with E-state index in [1.165, 1.54) is 33.4 Å². The van der Waals surface area contributed by atoms with Crippen LogP contribution >= 0.6 is 7.26 Å². The first-order valence-electron chi connectivity index (χ1n) is 11.3. The molecule has 0 saturated carbocycles. The molecular formula is C31H26NO2P. The Kier molecular flexibility index (Phi) is 7.72. The average molecular weight is 476 g/mol. The molecule has 0 spiro atoms. The summed E-state index contributed by atoms with van der Waals surface area (Å²) in [7, 11) is -1.91. The standard InChI is InChI=1S/C24H20P.C7H7NO2/c1-5-13-21(14-6-1)25(22-15-7-2-8-16-22,23-17-9-3-10-18-23)24-19-11-4-12-20-24;8-7(10)5-3-1-2-4-6(5)9/h1-20H;1-4,9H,(H2,8,10)/q+1;/p-1. The Balaban J connectivity index is 0.000000243. The van der Waals surface area contributed by atoms with Crippen LogP contribution in [0.4, 0.5) is 0 Å². The number of benzene rings is 5. The van der Waals surface area contributed by atoms with Crippen molar-refractivity contribution in [2.24, 2.45) is 5.73 Å². The summed E-state index contributed by atoms with van der Waals surface area (Å²) >= 11 is 0. The minimum Gasteiger partial charge on any atom is -0.872 e. The number of carbonyl (C=O) groups excluding carboxylic acids is 1. The SMILES string of the molecule is NC(=O)c1ccccc1[O-].c1ccc([P+](c2ccccc2)(c2ccccc2)c2ccccc2)cc1. The van der Waals surface area contributed by atoms with Crippen LogP contribution in [0.25, 0.3) is 0 Å². The second-order valence-corrected chi connectivity index (χ2v) is 11.3. The number of para-hydroxylation sites is 1. The van der Waals surface area contributed by atoms with Gasteiger partial charge in [-0.3, -0.25) is 4.79 Å². The molecule has 0 radical (unpaired) electrons. The van der Waals surface area contributed by atoms with E-state index in [0.29, 0.717) is 0 Å². The lowest BCUT2D eigenvalue weighted by atomic mass is 10.2. The summed E-state index contributed by atoms with van der Waals surface area (Å²) in [6, 6.07) is 49.7. The molecule has 3 nitrogen and oxygen atoms in total. The summed E-state index contributed by atoms with van der Waals surface area (Å²) in [4.78, 5) is 10.4. The van der Waals surface area contributed by atoms with Gasteiger partial charge in [0.05, 0.1) is 0 Å². The summed E-state index contributed by atoms with van der Waals surface area (Å²) < 4.78 is 0. The van der Waals surface area contributed by atoms with Gasteiger partial charge in [-0.2, -0.15) is 0 Å². The van der Waals surface area contributed by atoms with Crippen LogP contribution in [-0.2, 0) is 0 Å². The smallest absolute Gasteiger partial charge is 0.248 e. The molecule has 0 unspecified atom stereocenters. The van der Waals surface area contributed by atoms with E-state index >= 15 is 0 Å². The van der Waals surface area contributed by atoms with Gasteiger partial charge in [0.1, 0.15) is 28.5 Å². The fourth-order valence-corrected chi connectivity index (χ4v) is 8.44. The Labute approximate surface area is 206 Å². The van der Waals surface area contributed by atoms with Crippen LogP contribution in [-0.4, -0.2) is 5.91 Å². The fourth-order valence-electron chi connectivity index (χ4n) is 4.17. The van der Waals surface area contributed by atoms with Gasteiger partial charge in [-0.15, -0.1) is 0 Å². The van der Waals surface area contributed by atoms with Gasteiger partial charge in [0, 0.05) is 5.56 Å². The summed E-state index contributed by atoms with van der Waals surface area (Å²) in [5.74, 6) is -0.999. The lowest BCUT2D eigenvalue weighted by Crippen LogP contribution is -2.38. The van der Waals surface area contributed by atoms with Gasteiger partial charge in [-0.05, 0) is 48.5 Å². The van der Waals surface area contributed by atoms with Gasteiger partial charge >= 0.3 is 0 Å². The van der Waals surface area contributed by atoms with Crippen molar-refractivity contribution in [2.75, 3.05) is 0 Å². The van der Waals surface area contributed by atoms with E-state index in [2.05, 4.69) is 121 Å². The molecule has 0 heterocycles. The van der Waals surface area contributed by atoms with E-state index in [1.807, 2.05) is 0 Å². The molecule has 0 atom stereocenters. The van der Waals surface area contributed by atoms with Crippen LogP contribution in [0.1, 0.15) is 10.4 Å². The molecule has 0 aliphatic rings. The van der Waals surface area contributed by atoms with E-state index in [4.69, 9.17) is 5.73 Å². The molecule has 0 saturated heterocycles. The Morgan fingerprint density at radius 3 is 1.03 bits per heavy atom. The lowest BCUT2D eigenvalue weighted by Gasteiger charge is -2.27. The number of carbonyl (C=O) groups is 1. The zero-order valence-electron chi connectivity index (χ0n) is 19.2. The number of nitrogens with two attached hydrogens (primary N) is 1. The third kappa shape index (κ3) is 5.16. The highest BCUT2D eigenvalue weighted by molar-refractivity contribution is 8.01. The maximum atomic E-state index is 10.8. The van der Waals surface area contributed by atoms with Crippen molar-refractivity contribution in [3.8, 4) is 5.75 Å². The Morgan fingerprint density at radius 1 is 0.486 bits per heavy atom. The number of hydrogen-bond acceptors (Lipinski definition) is 2. The number of hydrogen-bond donors (Lipinski definition) is 1. The van der Waals surface area contributed by atoms with Crippen LogP contribution in [0, 0.1) is 0 Å². The zero-order chi connectivity index (χ0) is 24.5. The van der Waals surface area contributed by atoms with Gasteiger partial charge in [-0.25, -0.2) is 0 Å². The summed E-state index contributed by atoms with van der Waals surface area (Å²) in [5.41, 5.74) is 4.92. The van der Waals surface area contributed by atoms with Crippen molar-refractivity contribution in [1.82, 2.24) is 0 Å². The molecule has 5 aromatic rings. The van der Waals surface area contributed by atoms with Crippen molar-refractivity contribution >= 4 is 34.4 Å². The van der Waals surface area contributed by atoms with E-state index in [1.54, 1.807) is 12.1 Å². The summed E-state index contributed by atoms with van der Waals surface area (Å²) in [6.45, 7) is 0. The summed E-state index contributed by atoms with van der Waals surface area (Å²) in [5, 5.41) is 16.3. The second kappa shape index (κ2) is 11.3. The Bertz CT molecular complexity index is 1200. The van der Waals surface area contributed by atoms with Crippen LogP contribution in [0.3, 0.4) is 0 Å². The molecule has 0 aliphatic carbocycles. The third-order valence-electron chi connectivity index (χ3n) is 5.73. The minimum absolute atomic E-state index is 0.0440. The van der Waals surface area contributed by atoms with Crippen molar-refractivity contribution in [2.45, 2.75) is 0 Å². The van der Waals surface area contributed by atoms with Gasteiger partial charge in [0.2, 0.25) is 5.91 Å². The largest absolute Gasteiger partial charge is 0.872 e. The highest BCUT2D eigenvalue weighted by Gasteiger charge is 2.47. The van der Waals surface area contributed by atoms with E-state index in [9.17, 15) is 9.90 Å². The zero-order valence-corrected chi connectivity index (χ0v) is 20.1. The molecule has 35 heavy (non-hydrogen) atoms. The maximum absolute atomic E-state index is 10.8. The first-order valence-corrected chi connectivity index (χ1v) is 13.1. The van der Waals surface area contributed by atoms with Gasteiger partial charge < -0.3 is 10.8 Å². The normalized spacial score (nSPS) is 10.6. The number of rotatable bonds is 5. The van der Waals surface area contributed by atoms with Crippen LogP contribution in [0.15, 0.2) is 146 Å². The molecule has 172 valence electrons. The molecule has 4 heteroatoms. The number of primary amides is 1. The molecule has 0 aliphatic heterocycles. The highest BCUT2D eigenvalue weighted by atomic mass is 31.2. The second-order valence-electron chi connectivity index (χ2n) is 7.87. The molecule has 5 aromatic carbocycles. The van der Waals surface area contributed by atoms with Gasteiger partial charge in [-0.1, -0.05) is 103 Å². The molecule has 1 amide bonds. The fraction of sp³-hybridized carbons (Fsp3) is 0. The quantitative estimate of drug-likeness (QED) is 0.388. The minimum atomic E-state index is -1.91. The number of amides is 1. The van der Waals surface area contributed by atoms with E-state index < -0.39 is 13.2 Å². The molecule has 0 bridgehead atoms. The molecule has 5 rings (SSSR count). The highest BCUT2D eigenvalue weighted by Crippen LogP contribution is 2.53. The summed E-state index contributed by atoms with van der Waals surface area (Å²) in [6.07, 6.45) is 0. The third-order valence-corrected chi connectivity index (χ3v) is 10.0. The van der Waals surface area contributed by atoms with Crippen LogP contribution < -0.4 is 32.1 Å². The molecule has 0 fully saturated rings. The lowest BCUT2D eigenvalue weighted by molar-refractivity contribution is -0.268. The molecule has 2 N–H and O–H groups in total. The van der Waals surface area contributed by atoms with Crippen molar-refractivity contribution in [3.05, 3.63) is 151 Å². The predicted molar refractivity (Wildman–Crippen MR) is 146 cm³/mol. The van der Waals surface area contributed by atoms with Crippen LogP contribution in [0.5, 0.6) is 5.75 Å². The Hall–Kier alpha value is -4.20. The van der Waals surface area contributed by atoms with Crippen molar-refractivity contribution in [3.63, 3.8) is 0 Å². The predicted octanol–water partition coefficient (Wildman–Crippen LogP) is 4.17. The van der Waals surface area contributed by atoms with Gasteiger partial charge in [0.15, 0.2) is 0 Å². The molecular weight excluding hydrogens is 449 g/mol. The van der Waals surface area contributed by atoms with Crippen LogP contribution in [0.2, 0.25) is 0 Å². The Morgan fingerprint density at radius 2 is 0.771 bits per heavy atom. The topological polar surface area (TPSA) is 66.2 Å². The van der Waals surface area contributed by atoms with E-state index in [-0.39, 0.29) is 11.3 Å². The monoisotopic (exact) mass is 475 g/mol. The maximum Gasteiger partial charge on any atom is 0.248 e. The average Bonchev–Trinajstić information content (AvgIpc) is 2.92. The molecule has 0 aromatic heterocycles. The van der Waals surface area contributed by atoms with Gasteiger partial charge in [0.25, 0.3) is 0 Å². The van der Waals surface area contributed by atoms with Crippen molar-refractivity contribution < 1.29 is 9.90 Å². The van der Waals surface area contributed by atoms with Crippen molar-refractivity contribution in [1.29, 1.82) is 0 Å². The first kappa shape index (κ1) is 23.9. The first-order chi connectivity index (χ1) is 17.1.